The number of alkyl halides is 3. The number of aromatic nitrogens is 2. The molecule has 1 aromatic heterocycles. The zero-order valence-electron chi connectivity index (χ0n) is 19.6. The van der Waals surface area contributed by atoms with Gasteiger partial charge in [0.2, 0.25) is 0 Å². The number of benzene rings is 3. The van der Waals surface area contributed by atoms with Crippen LogP contribution in [0.1, 0.15) is 21.6 Å². The lowest BCUT2D eigenvalue weighted by Crippen LogP contribution is -2.16. The van der Waals surface area contributed by atoms with Gasteiger partial charge in [-0.15, -0.1) is 13.2 Å². The summed E-state index contributed by atoms with van der Waals surface area (Å²) in [4.78, 5) is 12.0. The molecule has 0 aliphatic carbocycles. The van der Waals surface area contributed by atoms with Gasteiger partial charge in [0.1, 0.15) is 17.3 Å². The average Bonchev–Trinajstić information content (AvgIpc) is 3.14. The highest BCUT2D eigenvalue weighted by molar-refractivity contribution is 5.96. The van der Waals surface area contributed by atoms with Crippen LogP contribution in [0.15, 0.2) is 66.7 Å². The Balaban J connectivity index is 1.88. The lowest BCUT2D eigenvalue weighted by Gasteiger charge is -2.16. The van der Waals surface area contributed by atoms with Crippen molar-refractivity contribution in [2.45, 2.75) is 20.2 Å². The fourth-order valence-electron chi connectivity index (χ4n) is 3.85. The standard InChI is InChI=1S/C26H22F3N3O4/c1-15-6-4-5-7-22(15)32-24(30-21-13-12-19(35-3)14-20(21)25(33)34)23(16(2)31-32)17-8-10-18(11-9-17)36-26(27,28)29/h4-14,30H,1-3H3,(H,33,34). The van der Waals surface area contributed by atoms with Crippen LogP contribution in [0.3, 0.4) is 0 Å². The zero-order valence-corrected chi connectivity index (χ0v) is 19.6. The Morgan fingerprint density at radius 2 is 1.67 bits per heavy atom. The number of carboxylic acid groups (broad SMARTS) is 1. The van der Waals surface area contributed by atoms with E-state index in [1.807, 2.05) is 31.2 Å². The summed E-state index contributed by atoms with van der Waals surface area (Å²) in [6.07, 6.45) is -4.80. The summed E-state index contributed by atoms with van der Waals surface area (Å²) in [7, 11) is 1.44. The van der Waals surface area contributed by atoms with Gasteiger partial charge in [-0.2, -0.15) is 5.10 Å². The Bertz CT molecular complexity index is 1410. The molecule has 4 rings (SSSR count). The molecule has 4 aromatic rings. The van der Waals surface area contributed by atoms with Gasteiger partial charge in [-0.3, -0.25) is 0 Å². The van der Waals surface area contributed by atoms with Crippen LogP contribution in [0.5, 0.6) is 11.5 Å². The SMILES string of the molecule is COc1ccc(Nc2c(-c3ccc(OC(F)(F)F)cc3)c(C)nn2-c2ccccc2C)c(C(=O)O)c1. The highest BCUT2D eigenvalue weighted by Gasteiger charge is 2.31. The molecular weight excluding hydrogens is 475 g/mol. The number of hydrogen-bond acceptors (Lipinski definition) is 5. The number of aromatic carboxylic acids is 1. The summed E-state index contributed by atoms with van der Waals surface area (Å²) in [5, 5.41) is 17.7. The van der Waals surface area contributed by atoms with Crippen LogP contribution >= 0.6 is 0 Å². The molecule has 7 nitrogen and oxygen atoms in total. The van der Waals surface area contributed by atoms with Gasteiger partial charge in [0.05, 0.1) is 29.7 Å². The number of rotatable bonds is 7. The molecular formula is C26H22F3N3O4. The molecule has 3 aromatic carbocycles. The second kappa shape index (κ2) is 9.65. The predicted molar refractivity (Wildman–Crippen MR) is 128 cm³/mol. The van der Waals surface area contributed by atoms with Crippen molar-refractivity contribution in [3.63, 3.8) is 0 Å². The summed E-state index contributed by atoms with van der Waals surface area (Å²) in [6.45, 7) is 3.68. The van der Waals surface area contributed by atoms with Gasteiger partial charge in [-0.1, -0.05) is 30.3 Å². The molecule has 1 heterocycles. The first-order chi connectivity index (χ1) is 17.1. The summed E-state index contributed by atoms with van der Waals surface area (Å²) >= 11 is 0. The van der Waals surface area contributed by atoms with Crippen molar-refractivity contribution in [3.05, 3.63) is 83.6 Å². The Morgan fingerprint density at radius 1 is 1.00 bits per heavy atom. The first-order valence-corrected chi connectivity index (χ1v) is 10.8. The Kier molecular flexibility index (Phi) is 6.61. The molecule has 0 fully saturated rings. The second-order valence-electron chi connectivity index (χ2n) is 7.92. The minimum Gasteiger partial charge on any atom is -0.497 e. The Morgan fingerprint density at radius 3 is 2.28 bits per heavy atom. The van der Waals surface area contributed by atoms with Gasteiger partial charge in [0.25, 0.3) is 0 Å². The fourth-order valence-corrected chi connectivity index (χ4v) is 3.85. The van der Waals surface area contributed by atoms with Gasteiger partial charge in [0.15, 0.2) is 0 Å². The summed E-state index contributed by atoms with van der Waals surface area (Å²) < 4.78 is 48.7. The first kappa shape index (κ1) is 24.6. The van der Waals surface area contributed by atoms with Gasteiger partial charge in [0, 0.05) is 5.56 Å². The van der Waals surface area contributed by atoms with E-state index in [2.05, 4.69) is 15.2 Å². The average molecular weight is 497 g/mol. The van der Waals surface area contributed by atoms with Gasteiger partial charge in [-0.25, -0.2) is 9.48 Å². The van der Waals surface area contributed by atoms with E-state index in [4.69, 9.17) is 4.74 Å². The minimum absolute atomic E-state index is 0.0237. The molecule has 0 amide bonds. The van der Waals surface area contributed by atoms with E-state index in [1.165, 1.54) is 37.4 Å². The summed E-state index contributed by atoms with van der Waals surface area (Å²) in [6, 6.07) is 17.5. The van der Waals surface area contributed by atoms with Crippen molar-refractivity contribution >= 4 is 17.5 Å². The number of nitrogens with one attached hydrogen (secondary N) is 1. The predicted octanol–water partition coefficient (Wildman–Crippen LogP) is 6.51. The third-order valence-corrected chi connectivity index (χ3v) is 5.49. The van der Waals surface area contributed by atoms with Crippen molar-refractivity contribution in [1.29, 1.82) is 0 Å². The maximum Gasteiger partial charge on any atom is 0.573 e. The molecule has 186 valence electrons. The van der Waals surface area contributed by atoms with Crippen LogP contribution in [-0.4, -0.2) is 34.3 Å². The van der Waals surface area contributed by atoms with E-state index in [1.54, 1.807) is 23.7 Å². The van der Waals surface area contributed by atoms with Gasteiger partial charge in [-0.05, 0) is 61.4 Å². The second-order valence-corrected chi connectivity index (χ2v) is 7.92. The van der Waals surface area contributed by atoms with Crippen molar-refractivity contribution in [3.8, 4) is 28.3 Å². The number of hydrogen-bond donors (Lipinski definition) is 2. The lowest BCUT2D eigenvalue weighted by atomic mass is 10.0. The molecule has 36 heavy (non-hydrogen) atoms. The highest BCUT2D eigenvalue weighted by atomic mass is 19.4. The Hall–Kier alpha value is -4.47. The highest BCUT2D eigenvalue weighted by Crippen LogP contribution is 2.38. The largest absolute Gasteiger partial charge is 0.573 e. The molecule has 0 spiro atoms. The quantitative estimate of drug-likeness (QED) is 0.303. The summed E-state index contributed by atoms with van der Waals surface area (Å²) in [5.74, 6) is -0.695. The topological polar surface area (TPSA) is 85.6 Å². The number of halogens is 3. The van der Waals surface area contributed by atoms with Crippen LogP contribution in [-0.2, 0) is 0 Å². The molecule has 2 N–H and O–H groups in total. The van der Waals surface area contributed by atoms with E-state index in [9.17, 15) is 23.1 Å². The maximum absolute atomic E-state index is 12.6. The summed E-state index contributed by atoms with van der Waals surface area (Å²) in [5.41, 5.74) is 3.66. The number of carboxylic acids is 1. The molecule has 0 saturated carbocycles. The smallest absolute Gasteiger partial charge is 0.497 e. The molecule has 0 bridgehead atoms. The third kappa shape index (κ3) is 5.12. The molecule has 0 saturated heterocycles. The monoisotopic (exact) mass is 497 g/mol. The van der Waals surface area contributed by atoms with Crippen molar-refractivity contribution < 1.29 is 32.5 Å². The number of nitrogens with zero attached hydrogens (tertiary/aromatic N) is 2. The minimum atomic E-state index is -4.80. The van der Waals surface area contributed by atoms with Crippen molar-refractivity contribution in [2.75, 3.05) is 12.4 Å². The van der Waals surface area contributed by atoms with E-state index in [-0.39, 0.29) is 17.0 Å². The molecule has 0 aliphatic heterocycles. The van der Waals surface area contributed by atoms with E-state index in [0.29, 0.717) is 28.4 Å². The van der Waals surface area contributed by atoms with Crippen LogP contribution in [0.25, 0.3) is 16.8 Å². The number of methoxy groups -OCH3 is 1. The fraction of sp³-hybridized carbons (Fsp3) is 0.154. The normalized spacial score (nSPS) is 11.3. The lowest BCUT2D eigenvalue weighted by molar-refractivity contribution is -0.274. The molecule has 0 aliphatic rings. The number of para-hydroxylation sites is 1. The van der Waals surface area contributed by atoms with E-state index < -0.39 is 12.3 Å². The maximum atomic E-state index is 12.6. The molecule has 0 atom stereocenters. The van der Waals surface area contributed by atoms with E-state index >= 15 is 0 Å². The van der Waals surface area contributed by atoms with Crippen molar-refractivity contribution in [2.24, 2.45) is 0 Å². The third-order valence-electron chi connectivity index (χ3n) is 5.49. The van der Waals surface area contributed by atoms with Crippen molar-refractivity contribution in [1.82, 2.24) is 9.78 Å². The molecule has 10 heteroatoms. The number of carbonyl (C=O) groups is 1. The number of ether oxygens (including phenoxy) is 2. The Labute approximate surface area is 204 Å². The zero-order chi connectivity index (χ0) is 26.0. The van der Waals surface area contributed by atoms with E-state index in [0.717, 1.165) is 11.3 Å². The molecule has 0 unspecified atom stereocenters. The van der Waals surface area contributed by atoms with Crippen LogP contribution in [0, 0.1) is 13.8 Å². The van der Waals surface area contributed by atoms with Crippen LogP contribution < -0.4 is 14.8 Å². The van der Waals surface area contributed by atoms with Gasteiger partial charge >= 0.3 is 12.3 Å². The number of aryl methyl sites for hydroxylation is 2. The number of anilines is 2. The molecule has 0 radical (unpaired) electrons. The van der Waals surface area contributed by atoms with Crippen LogP contribution in [0.4, 0.5) is 24.7 Å². The van der Waals surface area contributed by atoms with Crippen LogP contribution in [0.2, 0.25) is 0 Å². The van der Waals surface area contributed by atoms with Gasteiger partial charge < -0.3 is 19.9 Å². The first-order valence-electron chi connectivity index (χ1n) is 10.8.